The second-order valence-corrected chi connectivity index (χ2v) is 6.14. The number of carbonyl (C=O) groups is 2. The number of piperazine rings is 1. The number of amides is 2. The second kappa shape index (κ2) is 6.07. The molecule has 1 aliphatic heterocycles. The van der Waals surface area contributed by atoms with Gasteiger partial charge in [-0.2, -0.15) is 4.98 Å². The largest absolute Gasteiger partial charge is 0.337 e. The first-order valence-corrected chi connectivity index (χ1v) is 7.85. The standard InChI is InChI=1S/C17H20N4O3/c1-10-5-7-13(8-6-10)15-18-14(24-19-15)9-21-12(3)16(22)20(4)11(2)17(21)23/h5-8,11-12H,9H2,1-4H3/t11-,12-/m0/s1. The molecule has 7 nitrogen and oxygen atoms in total. The number of carbonyl (C=O) groups excluding carboxylic acids is 2. The van der Waals surface area contributed by atoms with Crippen molar-refractivity contribution in [3.8, 4) is 11.4 Å². The number of benzene rings is 1. The highest BCUT2D eigenvalue weighted by molar-refractivity contribution is 5.96. The van der Waals surface area contributed by atoms with E-state index in [1.165, 1.54) is 9.80 Å². The smallest absolute Gasteiger partial charge is 0.246 e. The first kappa shape index (κ1) is 16.2. The maximum absolute atomic E-state index is 12.5. The number of aryl methyl sites for hydroxylation is 1. The average molecular weight is 328 g/mol. The Bertz CT molecular complexity index is 768. The van der Waals surface area contributed by atoms with E-state index in [2.05, 4.69) is 10.1 Å². The Labute approximate surface area is 140 Å². The van der Waals surface area contributed by atoms with E-state index in [0.717, 1.165) is 11.1 Å². The molecular formula is C17H20N4O3. The highest BCUT2D eigenvalue weighted by Gasteiger charge is 2.40. The quantitative estimate of drug-likeness (QED) is 0.855. The van der Waals surface area contributed by atoms with E-state index in [1.54, 1.807) is 20.9 Å². The maximum atomic E-state index is 12.5. The van der Waals surface area contributed by atoms with Crippen molar-refractivity contribution in [1.82, 2.24) is 19.9 Å². The molecule has 1 fully saturated rings. The Morgan fingerprint density at radius 3 is 2.42 bits per heavy atom. The van der Waals surface area contributed by atoms with Crippen molar-refractivity contribution in [1.29, 1.82) is 0 Å². The predicted molar refractivity (Wildman–Crippen MR) is 86.7 cm³/mol. The Morgan fingerprint density at radius 1 is 1.08 bits per heavy atom. The molecule has 0 N–H and O–H groups in total. The lowest BCUT2D eigenvalue weighted by atomic mass is 10.1. The van der Waals surface area contributed by atoms with E-state index < -0.39 is 12.1 Å². The van der Waals surface area contributed by atoms with Crippen molar-refractivity contribution in [3.63, 3.8) is 0 Å². The van der Waals surface area contributed by atoms with Crippen LogP contribution in [0.4, 0.5) is 0 Å². The SMILES string of the molecule is Cc1ccc(-c2noc(CN3C(=O)[C@H](C)N(C)C(=O)[C@@H]3C)n2)cc1. The van der Waals surface area contributed by atoms with Crippen LogP contribution in [0.2, 0.25) is 0 Å². The lowest BCUT2D eigenvalue weighted by Crippen LogP contribution is -2.61. The van der Waals surface area contributed by atoms with Crippen LogP contribution >= 0.6 is 0 Å². The minimum absolute atomic E-state index is 0.0969. The molecule has 0 spiro atoms. The summed E-state index contributed by atoms with van der Waals surface area (Å²) in [5, 5.41) is 3.97. The van der Waals surface area contributed by atoms with E-state index in [9.17, 15) is 9.59 Å². The summed E-state index contributed by atoms with van der Waals surface area (Å²) in [5.74, 6) is 0.564. The highest BCUT2D eigenvalue weighted by atomic mass is 16.5. The molecule has 1 saturated heterocycles. The summed E-state index contributed by atoms with van der Waals surface area (Å²) in [7, 11) is 1.64. The van der Waals surface area contributed by atoms with Crippen LogP contribution in [0.3, 0.4) is 0 Å². The molecule has 2 aromatic rings. The van der Waals surface area contributed by atoms with Crippen LogP contribution in [0.15, 0.2) is 28.8 Å². The molecule has 126 valence electrons. The van der Waals surface area contributed by atoms with Gasteiger partial charge in [-0.15, -0.1) is 0 Å². The fraction of sp³-hybridized carbons (Fsp3) is 0.412. The van der Waals surface area contributed by atoms with Crippen LogP contribution in [0, 0.1) is 6.92 Å². The van der Waals surface area contributed by atoms with Gasteiger partial charge in [0, 0.05) is 12.6 Å². The molecule has 2 amide bonds. The van der Waals surface area contributed by atoms with Gasteiger partial charge in [-0.3, -0.25) is 9.59 Å². The van der Waals surface area contributed by atoms with E-state index in [-0.39, 0.29) is 18.4 Å². The zero-order valence-electron chi connectivity index (χ0n) is 14.2. The van der Waals surface area contributed by atoms with E-state index >= 15 is 0 Å². The van der Waals surface area contributed by atoms with Gasteiger partial charge >= 0.3 is 0 Å². The molecule has 7 heteroatoms. The summed E-state index contributed by atoms with van der Waals surface area (Å²) in [5.41, 5.74) is 1.99. The van der Waals surface area contributed by atoms with Crippen molar-refractivity contribution >= 4 is 11.8 Å². The molecule has 24 heavy (non-hydrogen) atoms. The van der Waals surface area contributed by atoms with Gasteiger partial charge in [0.1, 0.15) is 18.6 Å². The van der Waals surface area contributed by atoms with Crippen LogP contribution in [-0.4, -0.2) is 50.9 Å². The molecule has 0 radical (unpaired) electrons. The van der Waals surface area contributed by atoms with Crippen LogP contribution < -0.4 is 0 Å². The Hall–Kier alpha value is -2.70. The summed E-state index contributed by atoms with van der Waals surface area (Å²) in [6, 6.07) is 6.73. The third-order valence-corrected chi connectivity index (χ3v) is 4.48. The molecule has 2 atom stereocenters. The van der Waals surface area contributed by atoms with Gasteiger partial charge in [0.05, 0.1) is 0 Å². The van der Waals surface area contributed by atoms with Crippen LogP contribution in [0.1, 0.15) is 25.3 Å². The maximum Gasteiger partial charge on any atom is 0.246 e. The highest BCUT2D eigenvalue weighted by Crippen LogP contribution is 2.21. The van der Waals surface area contributed by atoms with Gasteiger partial charge < -0.3 is 14.3 Å². The molecule has 0 bridgehead atoms. The first-order chi connectivity index (χ1) is 11.4. The minimum atomic E-state index is -0.548. The van der Waals surface area contributed by atoms with Gasteiger partial charge in [0.15, 0.2) is 0 Å². The molecule has 1 aromatic heterocycles. The zero-order chi connectivity index (χ0) is 17.4. The topological polar surface area (TPSA) is 79.5 Å². The van der Waals surface area contributed by atoms with Crippen molar-refractivity contribution in [2.24, 2.45) is 0 Å². The third-order valence-electron chi connectivity index (χ3n) is 4.48. The molecule has 2 heterocycles. The van der Waals surface area contributed by atoms with E-state index in [1.807, 2.05) is 31.2 Å². The Balaban J connectivity index is 1.80. The van der Waals surface area contributed by atoms with Gasteiger partial charge in [-0.05, 0) is 20.8 Å². The van der Waals surface area contributed by atoms with Crippen LogP contribution in [0.5, 0.6) is 0 Å². The van der Waals surface area contributed by atoms with E-state index in [4.69, 9.17) is 4.52 Å². The Kier molecular flexibility index (Phi) is 4.09. The van der Waals surface area contributed by atoms with Crippen LogP contribution in [0.25, 0.3) is 11.4 Å². The Morgan fingerprint density at radius 2 is 1.75 bits per heavy atom. The molecular weight excluding hydrogens is 308 g/mol. The van der Waals surface area contributed by atoms with Crippen LogP contribution in [-0.2, 0) is 16.1 Å². The van der Waals surface area contributed by atoms with Gasteiger partial charge in [0.2, 0.25) is 23.5 Å². The van der Waals surface area contributed by atoms with Gasteiger partial charge in [0.25, 0.3) is 0 Å². The third kappa shape index (κ3) is 2.77. The van der Waals surface area contributed by atoms with Crippen molar-refractivity contribution in [2.45, 2.75) is 39.4 Å². The van der Waals surface area contributed by atoms with Crippen molar-refractivity contribution in [2.75, 3.05) is 7.05 Å². The summed E-state index contributed by atoms with van der Waals surface area (Å²) >= 11 is 0. The lowest BCUT2D eigenvalue weighted by Gasteiger charge is -2.40. The number of rotatable bonds is 3. The molecule has 0 saturated carbocycles. The molecule has 0 aliphatic carbocycles. The lowest BCUT2D eigenvalue weighted by molar-refractivity contribution is -0.159. The first-order valence-electron chi connectivity index (χ1n) is 7.85. The van der Waals surface area contributed by atoms with Crippen molar-refractivity contribution in [3.05, 3.63) is 35.7 Å². The number of hydrogen-bond acceptors (Lipinski definition) is 5. The van der Waals surface area contributed by atoms with Gasteiger partial charge in [-0.1, -0.05) is 35.0 Å². The summed E-state index contributed by atoms with van der Waals surface area (Å²) in [4.78, 5) is 32.0. The number of nitrogens with zero attached hydrogens (tertiary/aromatic N) is 4. The monoisotopic (exact) mass is 328 g/mol. The second-order valence-electron chi connectivity index (χ2n) is 6.14. The zero-order valence-corrected chi connectivity index (χ0v) is 14.2. The summed E-state index contributed by atoms with van der Waals surface area (Å²) < 4.78 is 5.27. The molecule has 1 aromatic carbocycles. The van der Waals surface area contributed by atoms with E-state index in [0.29, 0.717) is 11.7 Å². The number of hydrogen-bond donors (Lipinski definition) is 0. The van der Waals surface area contributed by atoms with Gasteiger partial charge in [-0.25, -0.2) is 0 Å². The fourth-order valence-electron chi connectivity index (χ4n) is 2.71. The summed E-state index contributed by atoms with van der Waals surface area (Å²) in [6.45, 7) is 5.55. The fourth-order valence-corrected chi connectivity index (χ4v) is 2.71. The summed E-state index contributed by atoms with van der Waals surface area (Å²) in [6.07, 6.45) is 0. The molecule has 1 aliphatic rings. The predicted octanol–water partition coefficient (Wildman–Crippen LogP) is 1.62. The number of likely N-dealkylation sites (N-methyl/N-ethyl adjacent to an activating group) is 1. The normalized spacial score (nSPS) is 21.5. The molecule has 3 rings (SSSR count). The number of aromatic nitrogens is 2. The average Bonchev–Trinajstić information content (AvgIpc) is 3.04. The minimum Gasteiger partial charge on any atom is -0.337 e. The molecule has 0 unspecified atom stereocenters. The van der Waals surface area contributed by atoms with Crippen molar-refractivity contribution < 1.29 is 14.1 Å².